The predicted octanol–water partition coefficient (Wildman–Crippen LogP) is 4.49. The molecule has 0 fully saturated rings. The topological polar surface area (TPSA) is 99.2 Å². The fourth-order valence-electron chi connectivity index (χ4n) is 4.62. The lowest BCUT2D eigenvalue weighted by Crippen LogP contribution is -2.41. The average molecular weight is 524 g/mol. The molecule has 0 saturated heterocycles. The molecule has 4 aromatic rings. The normalized spacial score (nSPS) is 13.5. The number of fused-ring (bicyclic) bond motifs is 2. The molecular formula is C30H25N3O6. The molecule has 1 N–H and O–H groups in total. The van der Waals surface area contributed by atoms with Gasteiger partial charge < -0.3 is 29.2 Å². The largest absolute Gasteiger partial charge is 0.454 e. The van der Waals surface area contributed by atoms with E-state index < -0.39 is 11.9 Å². The van der Waals surface area contributed by atoms with Crippen LogP contribution in [-0.2, 0) is 22.6 Å². The van der Waals surface area contributed by atoms with Crippen molar-refractivity contribution in [2.24, 2.45) is 0 Å². The first kappa shape index (κ1) is 24.3. The molecule has 0 aliphatic carbocycles. The van der Waals surface area contributed by atoms with E-state index >= 15 is 0 Å². The molecule has 1 atom stereocenters. The van der Waals surface area contributed by atoms with E-state index in [0.717, 1.165) is 11.1 Å². The Hall–Kier alpha value is -5.05. The number of ether oxygens (including phenoxy) is 4. The van der Waals surface area contributed by atoms with Gasteiger partial charge in [-0.2, -0.15) is 0 Å². The molecule has 3 aromatic carbocycles. The van der Waals surface area contributed by atoms with Crippen LogP contribution in [0.4, 0.5) is 5.69 Å². The van der Waals surface area contributed by atoms with Crippen LogP contribution in [0.5, 0.6) is 23.0 Å². The minimum atomic E-state index is -0.985. The summed E-state index contributed by atoms with van der Waals surface area (Å²) in [6.45, 7) is 0.395. The van der Waals surface area contributed by atoms with Gasteiger partial charge in [0.15, 0.2) is 23.0 Å². The van der Waals surface area contributed by atoms with Crippen molar-refractivity contribution < 1.29 is 28.5 Å². The molecule has 196 valence electrons. The maximum Gasteiger partial charge on any atom is 0.251 e. The van der Waals surface area contributed by atoms with Crippen molar-refractivity contribution in [3.8, 4) is 23.0 Å². The van der Waals surface area contributed by atoms with Crippen LogP contribution in [0, 0.1) is 0 Å². The third-order valence-electron chi connectivity index (χ3n) is 6.51. The molecule has 0 spiro atoms. The smallest absolute Gasteiger partial charge is 0.251 e. The second-order valence-electron chi connectivity index (χ2n) is 9.12. The first-order chi connectivity index (χ1) is 19.1. The monoisotopic (exact) mass is 523 g/mol. The molecule has 0 radical (unpaired) electrons. The van der Waals surface area contributed by atoms with Crippen LogP contribution < -0.4 is 24.3 Å². The van der Waals surface area contributed by atoms with Gasteiger partial charge in [-0.1, -0.05) is 42.5 Å². The Morgan fingerprint density at radius 1 is 0.795 bits per heavy atom. The molecule has 39 heavy (non-hydrogen) atoms. The number of benzene rings is 3. The van der Waals surface area contributed by atoms with Gasteiger partial charge in [0.25, 0.3) is 5.91 Å². The Morgan fingerprint density at radius 2 is 1.49 bits per heavy atom. The summed E-state index contributed by atoms with van der Waals surface area (Å²) < 4.78 is 21.9. The van der Waals surface area contributed by atoms with Crippen molar-refractivity contribution in [2.75, 3.05) is 18.9 Å². The summed E-state index contributed by atoms with van der Waals surface area (Å²) >= 11 is 0. The number of nitrogens with zero attached hydrogens (tertiary/aromatic N) is 2. The summed E-state index contributed by atoms with van der Waals surface area (Å²) in [5.41, 5.74) is 2.74. The average Bonchev–Trinajstić information content (AvgIpc) is 3.63. The minimum Gasteiger partial charge on any atom is -0.454 e. The lowest BCUT2D eigenvalue weighted by molar-refractivity contribution is -0.139. The number of amides is 2. The van der Waals surface area contributed by atoms with Gasteiger partial charge in [0.1, 0.15) is 6.04 Å². The highest BCUT2D eigenvalue weighted by Crippen LogP contribution is 2.38. The molecule has 2 amide bonds. The van der Waals surface area contributed by atoms with E-state index in [2.05, 4.69) is 10.3 Å². The van der Waals surface area contributed by atoms with Gasteiger partial charge in [-0.05, 0) is 47.0 Å². The predicted molar refractivity (Wildman–Crippen MR) is 141 cm³/mol. The van der Waals surface area contributed by atoms with E-state index in [1.807, 2.05) is 36.4 Å². The second kappa shape index (κ2) is 10.7. The van der Waals surface area contributed by atoms with Crippen LogP contribution in [0.3, 0.4) is 0 Å². The molecule has 1 unspecified atom stereocenters. The zero-order valence-electron chi connectivity index (χ0n) is 20.9. The zero-order chi connectivity index (χ0) is 26.6. The van der Waals surface area contributed by atoms with Gasteiger partial charge in [0, 0.05) is 30.7 Å². The number of aromatic nitrogens is 1. The van der Waals surface area contributed by atoms with E-state index in [-0.39, 0.29) is 32.5 Å². The maximum atomic E-state index is 14.0. The van der Waals surface area contributed by atoms with Gasteiger partial charge in [-0.25, -0.2) is 0 Å². The summed E-state index contributed by atoms with van der Waals surface area (Å²) in [6.07, 6.45) is 3.48. The number of pyridine rings is 1. The van der Waals surface area contributed by atoms with E-state index in [1.54, 1.807) is 59.8 Å². The molecule has 9 heteroatoms. The number of hydrogen-bond donors (Lipinski definition) is 1. The van der Waals surface area contributed by atoms with Gasteiger partial charge >= 0.3 is 0 Å². The molecule has 9 nitrogen and oxygen atoms in total. The van der Waals surface area contributed by atoms with Crippen molar-refractivity contribution in [3.05, 3.63) is 108 Å². The van der Waals surface area contributed by atoms with Crippen molar-refractivity contribution in [3.63, 3.8) is 0 Å². The van der Waals surface area contributed by atoms with Crippen LogP contribution in [0.1, 0.15) is 22.7 Å². The molecular weight excluding hydrogens is 498 g/mol. The Morgan fingerprint density at radius 3 is 2.23 bits per heavy atom. The second-order valence-corrected chi connectivity index (χ2v) is 9.12. The molecule has 0 saturated carbocycles. The number of hydrogen-bond acceptors (Lipinski definition) is 7. The summed E-state index contributed by atoms with van der Waals surface area (Å²) in [4.78, 5) is 33.7. The number of carbonyl (C=O) groups excluding carboxylic acids is 2. The molecule has 2 aliphatic heterocycles. The van der Waals surface area contributed by atoms with Crippen LogP contribution in [0.2, 0.25) is 0 Å². The van der Waals surface area contributed by atoms with Crippen LogP contribution in [-0.4, -0.2) is 35.3 Å². The molecule has 1 aromatic heterocycles. The Labute approximate surface area is 224 Å². The van der Waals surface area contributed by atoms with Crippen molar-refractivity contribution in [1.29, 1.82) is 0 Å². The summed E-state index contributed by atoms with van der Waals surface area (Å²) in [5, 5.41) is 2.97. The molecule has 2 aliphatic rings. The number of anilines is 1. The Bertz CT molecular complexity index is 1500. The SMILES string of the molecule is O=C(Nc1ccc2c(c1)OCO2)C(c1ccc2c(c1)OCO2)N(Cc1cccnc1)C(=O)Cc1ccccc1. The van der Waals surface area contributed by atoms with E-state index in [0.29, 0.717) is 34.2 Å². The standard InChI is InChI=1S/C30H25N3O6/c34-28(13-20-5-2-1-3-6-20)33(17-21-7-4-12-31-16-21)29(22-8-10-24-26(14-22)38-18-36-24)30(35)32-23-9-11-25-27(15-23)39-19-37-25/h1-12,14-16,29H,13,17-19H2,(H,32,35). The first-order valence-corrected chi connectivity index (χ1v) is 12.5. The number of carbonyl (C=O) groups is 2. The fraction of sp³-hybridized carbons (Fsp3) is 0.167. The Balaban J connectivity index is 1.38. The summed E-state index contributed by atoms with van der Waals surface area (Å²) in [6, 6.07) is 22.6. The number of nitrogens with one attached hydrogen (secondary N) is 1. The molecule has 0 bridgehead atoms. The van der Waals surface area contributed by atoms with Gasteiger partial charge in [-0.3, -0.25) is 14.6 Å². The first-order valence-electron chi connectivity index (χ1n) is 12.5. The van der Waals surface area contributed by atoms with E-state index in [9.17, 15) is 9.59 Å². The lowest BCUT2D eigenvalue weighted by atomic mass is 10.0. The van der Waals surface area contributed by atoms with Gasteiger partial charge in [0.2, 0.25) is 19.5 Å². The van der Waals surface area contributed by atoms with Crippen molar-refractivity contribution in [2.45, 2.75) is 19.0 Å². The molecule has 6 rings (SSSR count). The third kappa shape index (κ3) is 5.33. The Kier molecular flexibility index (Phi) is 6.69. The summed E-state index contributed by atoms with van der Waals surface area (Å²) in [7, 11) is 0. The highest BCUT2D eigenvalue weighted by molar-refractivity contribution is 5.98. The zero-order valence-corrected chi connectivity index (χ0v) is 20.9. The summed E-state index contributed by atoms with van der Waals surface area (Å²) in [5.74, 6) is 1.65. The van der Waals surface area contributed by atoms with Crippen LogP contribution in [0.15, 0.2) is 91.3 Å². The quantitative estimate of drug-likeness (QED) is 0.363. The van der Waals surface area contributed by atoms with Crippen molar-refractivity contribution in [1.82, 2.24) is 9.88 Å². The number of rotatable bonds is 8. The highest BCUT2D eigenvalue weighted by atomic mass is 16.7. The van der Waals surface area contributed by atoms with Crippen molar-refractivity contribution >= 4 is 17.5 Å². The minimum absolute atomic E-state index is 0.0964. The van der Waals surface area contributed by atoms with Gasteiger partial charge in [0.05, 0.1) is 6.42 Å². The highest BCUT2D eigenvalue weighted by Gasteiger charge is 2.33. The maximum absolute atomic E-state index is 14.0. The van der Waals surface area contributed by atoms with Crippen LogP contribution >= 0.6 is 0 Å². The van der Waals surface area contributed by atoms with E-state index in [1.165, 1.54) is 0 Å². The van der Waals surface area contributed by atoms with Crippen LogP contribution in [0.25, 0.3) is 0 Å². The fourth-order valence-corrected chi connectivity index (χ4v) is 4.62. The third-order valence-corrected chi connectivity index (χ3v) is 6.51. The van der Waals surface area contributed by atoms with Gasteiger partial charge in [-0.15, -0.1) is 0 Å². The van der Waals surface area contributed by atoms with E-state index in [4.69, 9.17) is 18.9 Å². The lowest BCUT2D eigenvalue weighted by Gasteiger charge is -2.32. The molecule has 3 heterocycles.